The maximum Gasteiger partial charge on any atom is 0.130 e. The summed E-state index contributed by atoms with van der Waals surface area (Å²) in [6, 6.07) is 3.47. The van der Waals surface area contributed by atoms with Gasteiger partial charge >= 0.3 is 0 Å². The van der Waals surface area contributed by atoms with Crippen LogP contribution in [0, 0.1) is 11.6 Å². The normalized spacial score (nSPS) is 22.4. The van der Waals surface area contributed by atoms with Gasteiger partial charge in [0.05, 0.1) is 17.1 Å². The molecule has 0 N–H and O–H groups in total. The standard InChI is InChI=1S/C15H20F2O2S/c1-2-15(13-7-6-11(16)9-14(13)17)20(18)10-12-5-3-4-8-19-12/h6-7,9,12,15H,2-5,8,10H2,1H3/t12-,15-,20+/m1/s1. The van der Waals surface area contributed by atoms with Gasteiger partial charge in [0.2, 0.25) is 0 Å². The van der Waals surface area contributed by atoms with Crippen molar-refractivity contribution in [2.75, 3.05) is 12.4 Å². The van der Waals surface area contributed by atoms with Gasteiger partial charge in [0.25, 0.3) is 0 Å². The summed E-state index contributed by atoms with van der Waals surface area (Å²) in [5.74, 6) is -0.799. The van der Waals surface area contributed by atoms with E-state index < -0.39 is 27.7 Å². The smallest absolute Gasteiger partial charge is 0.130 e. The largest absolute Gasteiger partial charge is 0.377 e. The highest BCUT2D eigenvalue weighted by atomic mass is 32.2. The lowest BCUT2D eigenvalue weighted by molar-refractivity contribution is 0.0309. The third kappa shape index (κ3) is 3.85. The summed E-state index contributed by atoms with van der Waals surface area (Å²) in [5, 5.41) is -0.402. The van der Waals surface area contributed by atoms with Crippen molar-refractivity contribution in [3.63, 3.8) is 0 Å². The minimum Gasteiger partial charge on any atom is -0.377 e. The Kier molecular flexibility index (Phi) is 5.66. The first kappa shape index (κ1) is 15.6. The van der Waals surface area contributed by atoms with E-state index in [1.54, 1.807) is 0 Å². The Bertz CT molecular complexity index is 473. The monoisotopic (exact) mass is 302 g/mol. The molecule has 1 aliphatic heterocycles. The molecule has 112 valence electrons. The lowest BCUT2D eigenvalue weighted by Crippen LogP contribution is -2.27. The maximum absolute atomic E-state index is 13.8. The average Bonchev–Trinajstić information content (AvgIpc) is 2.43. The Hall–Kier alpha value is -0.810. The minimum atomic E-state index is -1.21. The van der Waals surface area contributed by atoms with Crippen molar-refractivity contribution in [3.8, 4) is 0 Å². The molecule has 0 radical (unpaired) electrons. The fraction of sp³-hybridized carbons (Fsp3) is 0.600. The van der Waals surface area contributed by atoms with Gasteiger partial charge < -0.3 is 4.74 Å². The molecular formula is C15H20F2O2S. The molecule has 1 aliphatic rings. The minimum absolute atomic E-state index is 0.00198. The second-order valence-electron chi connectivity index (χ2n) is 5.10. The van der Waals surface area contributed by atoms with Crippen molar-refractivity contribution < 1.29 is 17.7 Å². The SMILES string of the molecule is CC[C@H](c1ccc(F)cc1F)[S@@](=O)C[C@H]1CCCCO1. The number of benzene rings is 1. The first-order valence-corrected chi connectivity index (χ1v) is 8.43. The molecule has 2 rings (SSSR count). The molecule has 0 aromatic heterocycles. The fourth-order valence-electron chi connectivity index (χ4n) is 2.55. The molecule has 0 unspecified atom stereocenters. The quantitative estimate of drug-likeness (QED) is 0.828. The molecule has 0 saturated carbocycles. The predicted molar refractivity (Wildman–Crippen MR) is 76.0 cm³/mol. The third-order valence-corrected chi connectivity index (χ3v) is 5.54. The summed E-state index contributed by atoms with van der Waals surface area (Å²) < 4.78 is 44.8. The lowest BCUT2D eigenvalue weighted by atomic mass is 10.1. The zero-order valence-corrected chi connectivity index (χ0v) is 12.4. The van der Waals surface area contributed by atoms with Crippen LogP contribution in [0.5, 0.6) is 0 Å². The van der Waals surface area contributed by atoms with Gasteiger partial charge in [0.1, 0.15) is 11.6 Å². The number of hydrogen-bond donors (Lipinski definition) is 0. The van der Waals surface area contributed by atoms with E-state index in [2.05, 4.69) is 0 Å². The zero-order valence-electron chi connectivity index (χ0n) is 11.6. The summed E-state index contributed by atoms with van der Waals surface area (Å²) >= 11 is 0. The Morgan fingerprint density at radius 1 is 1.40 bits per heavy atom. The molecule has 1 aromatic carbocycles. The van der Waals surface area contributed by atoms with Gasteiger partial charge in [-0.3, -0.25) is 4.21 Å². The van der Waals surface area contributed by atoms with Gasteiger partial charge in [-0.2, -0.15) is 0 Å². The molecule has 1 heterocycles. The van der Waals surface area contributed by atoms with Crippen LogP contribution in [-0.4, -0.2) is 22.7 Å². The van der Waals surface area contributed by atoms with Crippen molar-refractivity contribution >= 4 is 10.8 Å². The highest BCUT2D eigenvalue weighted by molar-refractivity contribution is 7.85. The summed E-state index contributed by atoms with van der Waals surface area (Å²) in [4.78, 5) is 0. The summed E-state index contributed by atoms with van der Waals surface area (Å²) in [5.41, 5.74) is 0.336. The molecule has 1 fully saturated rings. The van der Waals surface area contributed by atoms with Crippen LogP contribution in [-0.2, 0) is 15.5 Å². The Morgan fingerprint density at radius 3 is 2.80 bits per heavy atom. The van der Waals surface area contributed by atoms with Crippen molar-refractivity contribution in [2.45, 2.75) is 44.0 Å². The Balaban J connectivity index is 2.08. The van der Waals surface area contributed by atoms with E-state index in [1.807, 2.05) is 6.92 Å². The van der Waals surface area contributed by atoms with Crippen LogP contribution in [0.15, 0.2) is 18.2 Å². The molecule has 2 nitrogen and oxygen atoms in total. The van der Waals surface area contributed by atoms with Crippen molar-refractivity contribution in [1.29, 1.82) is 0 Å². The number of hydrogen-bond acceptors (Lipinski definition) is 2. The fourth-order valence-corrected chi connectivity index (χ4v) is 4.26. The number of halogens is 2. The summed E-state index contributed by atoms with van der Waals surface area (Å²) in [6.07, 6.45) is 3.61. The van der Waals surface area contributed by atoms with Crippen LogP contribution >= 0.6 is 0 Å². The molecule has 0 bridgehead atoms. The van der Waals surface area contributed by atoms with Crippen LogP contribution < -0.4 is 0 Å². The second kappa shape index (κ2) is 7.27. The first-order valence-electron chi connectivity index (χ1n) is 7.05. The molecule has 3 atom stereocenters. The zero-order chi connectivity index (χ0) is 14.5. The van der Waals surface area contributed by atoms with E-state index in [4.69, 9.17) is 4.74 Å². The van der Waals surface area contributed by atoms with Crippen molar-refractivity contribution in [2.24, 2.45) is 0 Å². The van der Waals surface area contributed by atoms with E-state index in [9.17, 15) is 13.0 Å². The van der Waals surface area contributed by atoms with Crippen LogP contribution in [0.3, 0.4) is 0 Å². The van der Waals surface area contributed by atoms with Crippen LogP contribution in [0.25, 0.3) is 0 Å². The van der Waals surface area contributed by atoms with E-state index in [0.29, 0.717) is 24.3 Å². The van der Waals surface area contributed by atoms with Crippen molar-refractivity contribution in [3.05, 3.63) is 35.4 Å². The molecule has 1 saturated heterocycles. The van der Waals surface area contributed by atoms with Gasteiger partial charge in [0.15, 0.2) is 0 Å². The number of rotatable bonds is 5. The highest BCUT2D eigenvalue weighted by Crippen LogP contribution is 2.28. The Labute approximate surface area is 121 Å². The van der Waals surface area contributed by atoms with E-state index in [1.165, 1.54) is 12.1 Å². The van der Waals surface area contributed by atoms with E-state index in [-0.39, 0.29) is 6.10 Å². The molecule has 5 heteroatoms. The van der Waals surface area contributed by atoms with Gasteiger partial charge in [-0.15, -0.1) is 0 Å². The van der Waals surface area contributed by atoms with E-state index in [0.717, 1.165) is 25.3 Å². The van der Waals surface area contributed by atoms with Crippen LogP contribution in [0.1, 0.15) is 43.4 Å². The predicted octanol–water partition coefficient (Wildman–Crippen LogP) is 3.73. The molecule has 0 amide bonds. The lowest BCUT2D eigenvalue weighted by Gasteiger charge is -2.24. The van der Waals surface area contributed by atoms with Gasteiger partial charge in [-0.05, 0) is 31.7 Å². The molecule has 1 aromatic rings. The van der Waals surface area contributed by atoms with Crippen molar-refractivity contribution in [1.82, 2.24) is 0 Å². The van der Waals surface area contributed by atoms with Gasteiger partial charge in [-0.1, -0.05) is 13.0 Å². The molecule has 20 heavy (non-hydrogen) atoms. The van der Waals surface area contributed by atoms with E-state index >= 15 is 0 Å². The highest BCUT2D eigenvalue weighted by Gasteiger charge is 2.25. The molecule has 0 aliphatic carbocycles. The first-order chi connectivity index (χ1) is 9.61. The Morgan fingerprint density at radius 2 is 2.20 bits per heavy atom. The third-order valence-electron chi connectivity index (χ3n) is 3.62. The van der Waals surface area contributed by atoms with Gasteiger partial charge in [-0.25, -0.2) is 8.78 Å². The molecular weight excluding hydrogens is 282 g/mol. The maximum atomic E-state index is 13.8. The topological polar surface area (TPSA) is 26.3 Å². The number of ether oxygens (including phenoxy) is 1. The summed E-state index contributed by atoms with van der Waals surface area (Å²) in [6.45, 7) is 2.58. The average molecular weight is 302 g/mol. The van der Waals surface area contributed by atoms with Crippen LogP contribution in [0.4, 0.5) is 8.78 Å². The second-order valence-corrected chi connectivity index (χ2v) is 6.76. The van der Waals surface area contributed by atoms with Crippen LogP contribution in [0.2, 0.25) is 0 Å². The molecule has 0 spiro atoms. The summed E-state index contributed by atoms with van der Waals surface area (Å²) in [7, 11) is -1.21. The van der Waals surface area contributed by atoms with Gasteiger partial charge in [0, 0.05) is 29.0 Å².